The van der Waals surface area contributed by atoms with Crippen molar-refractivity contribution < 1.29 is 0 Å². The first-order valence-electron chi connectivity index (χ1n) is 17.3. The molecule has 0 bridgehead atoms. The zero-order valence-electron chi connectivity index (χ0n) is 27.9. The maximum atomic E-state index is 5.33. The van der Waals surface area contributed by atoms with Crippen LogP contribution in [0.5, 0.6) is 0 Å². The largest absolute Gasteiger partial charge is 0.309 e. The second kappa shape index (κ2) is 10.8. The van der Waals surface area contributed by atoms with Gasteiger partial charge in [-0.1, -0.05) is 141 Å². The number of hydrogen-bond acceptors (Lipinski definition) is 2. The van der Waals surface area contributed by atoms with E-state index in [4.69, 9.17) is 9.97 Å². The predicted octanol–water partition coefficient (Wildman–Crippen LogP) is 12.0. The van der Waals surface area contributed by atoms with Gasteiger partial charge in [0.15, 0.2) is 5.82 Å². The standard InChI is InChI=1S/C47H33N3/c1-47(2)39-24-11-9-19-34(39)35-22-13-21-33(44(35)47)31-27-28-41-38(29-31)43-37(23-14-26-42(43)50(41)32-17-7-4-8-18-32)46-48-40-25-12-10-20-36(40)45(49-46)30-15-5-3-6-16-30/h3-29H,1-2H3. The summed E-state index contributed by atoms with van der Waals surface area (Å²) < 4.78 is 2.38. The van der Waals surface area contributed by atoms with Gasteiger partial charge in [0.25, 0.3) is 0 Å². The van der Waals surface area contributed by atoms with Gasteiger partial charge >= 0.3 is 0 Å². The molecule has 9 aromatic rings. The van der Waals surface area contributed by atoms with E-state index in [0.29, 0.717) is 0 Å². The lowest BCUT2D eigenvalue weighted by molar-refractivity contribution is 0.662. The number of rotatable bonds is 4. The molecule has 3 nitrogen and oxygen atoms in total. The molecule has 1 aliphatic rings. The van der Waals surface area contributed by atoms with Crippen LogP contribution in [0.3, 0.4) is 0 Å². The van der Waals surface area contributed by atoms with Crippen LogP contribution in [0.4, 0.5) is 0 Å². The number of aromatic nitrogens is 3. The highest BCUT2D eigenvalue weighted by molar-refractivity contribution is 6.16. The third-order valence-electron chi connectivity index (χ3n) is 10.6. The molecular weight excluding hydrogens is 607 g/mol. The summed E-state index contributed by atoms with van der Waals surface area (Å²) in [5.41, 5.74) is 15.2. The fraction of sp³-hybridized carbons (Fsp3) is 0.0638. The Labute approximate surface area is 291 Å². The highest BCUT2D eigenvalue weighted by Crippen LogP contribution is 2.52. The Morgan fingerprint density at radius 1 is 0.480 bits per heavy atom. The minimum atomic E-state index is -0.118. The van der Waals surface area contributed by atoms with Gasteiger partial charge < -0.3 is 4.57 Å². The molecule has 2 heterocycles. The zero-order chi connectivity index (χ0) is 33.4. The first kappa shape index (κ1) is 28.7. The Morgan fingerprint density at radius 3 is 2.02 bits per heavy atom. The van der Waals surface area contributed by atoms with Crippen molar-refractivity contribution in [1.29, 1.82) is 0 Å². The lowest BCUT2D eigenvalue weighted by Crippen LogP contribution is -2.16. The van der Waals surface area contributed by atoms with Gasteiger partial charge in [-0.25, -0.2) is 9.97 Å². The summed E-state index contributed by atoms with van der Waals surface area (Å²) >= 11 is 0. The first-order chi connectivity index (χ1) is 24.6. The van der Waals surface area contributed by atoms with E-state index >= 15 is 0 Å². The second-order valence-electron chi connectivity index (χ2n) is 13.8. The predicted molar refractivity (Wildman–Crippen MR) is 208 cm³/mol. The maximum absolute atomic E-state index is 5.33. The van der Waals surface area contributed by atoms with Gasteiger partial charge in [0, 0.05) is 38.4 Å². The normalized spacial score (nSPS) is 13.2. The lowest BCUT2D eigenvalue weighted by Gasteiger charge is -2.24. The van der Waals surface area contributed by atoms with E-state index in [2.05, 4.69) is 176 Å². The molecule has 2 aromatic heterocycles. The van der Waals surface area contributed by atoms with Crippen LogP contribution in [0, 0.1) is 0 Å². The Morgan fingerprint density at radius 2 is 1.16 bits per heavy atom. The summed E-state index contributed by atoms with van der Waals surface area (Å²) in [6.07, 6.45) is 0. The van der Waals surface area contributed by atoms with Crippen molar-refractivity contribution in [2.24, 2.45) is 0 Å². The van der Waals surface area contributed by atoms with Crippen molar-refractivity contribution in [3.63, 3.8) is 0 Å². The minimum absolute atomic E-state index is 0.118. The van der Waals surface area contributed by atoms with E-state index in [-0.39, 0.29) is 5.41 Å². The van der Waals surface area contributed by atoms with Crippen LogP contribution in [0.1, 0.15) is 25.0 Å². The Hall–Kier alpha value is -6.32. The maximum Gasteiger partial charge on any atom is 0.161 e. The molecule has 0 amide bonds. The summed E-state index contributed by atoms with van der Waals surface area (Å²) in [6.45, 7) is 4.72. The average molecular weight is 640 g/mol. The molecule has 1 aliphatic carbocycles. The minimum Gasteiger partial charge on any atom is -0.309 e. The zero-order valence-corrected chi connectivity index (χ0v) is 27.9. The number of hydrogen-bond donors (Lipinski definition) is 0. The van der Waals surface area contributed by atoms with Crippen LogP contribution >= 0.6 is 0 Å². The van der Waals surface area contributed by atoms with Gasteiger partial charge in [0.05, 0.1) is 22.2 Å². The molecule has 0 fully saturated rings. The van der Waals surface area contributed by atoms with Gasteiger partial charge in [-0.05, 0) is 69.8 Å². The molecule has 236 valence electrons. The summed E-state index contributed by atoms with van der Waals surface area (Å²) in [5.74, 6) is 0.725. The fourth-order valence-corrected chi connectivity index (χ4v) is 8.38. The molecule has 0 unspecified atom stereocenters. The van der Waals surface area contributed by atoms with Crippen molar-refractivity contribution in [2.45, 2.75) is 19.3 Å². The van der Waals surface area contributed by atoms with E-state index in [1.165, 1.54) is 38.8 Å². The van der Waals surface area contributed by atoms with Crippen LogP contribution < -0.4 is 0 Å². The Kier molecular flexibility index (Phi) is 6.22. The van der Waals surface area contributed by atoms with E-state index < -0.39 is 0 Å². The van der Waals surface area contributed by atoms with E-state index in [1.54, 1.807) is 0 Å². The molecular formula is C47H33N3. The van der Waals surface area contributed by atoms with Gasteiger partial charge in [-0.3, -0.25) is 0 Å². The quantitative estimate of drug-likeness (QED) is 0.192. The van der Waals surface area contributed by atoms with Gasteiger partial charge in [-0.15, -0.1) is 0 Å². The van der Waals surface area contributed by atoms with E-state index in [9.17, 15) is 0 Å². The van der Waals surface area contributed by atoms with Crippen molar-refractivity contribution in [1.82, 2.24) is 14.5 Å². The highest BCUT2D eigenvalue weighted by atomic mass is 15.0. The summed E-state index contributed by atoms with van der Waals surface area (Å²) in [6, 6.07) is 58.6. The molecule has 0 saturated carbocycles. The van der Waals surface area contributed by atoms with Gasteiger partial charge in [0.1, 0.15) is 0 Å². The summed E-state index contributed by atoms with van der Waals surface area (Å²) in [7, 11) is 0. The molecule has 3 heteroatoms. The first-order valence-corrected chi connectivity index (χ1v) is 17.3. The molecule has 7 aromatic carbocycles. The molecule has 10 rings (SSSR count). The molecule has 0 spiro atoms. The SMILES string of the molecule is CC1(C)c2ccccc2-c2cccc(-c3ccc4c(c3)c3c(-c5nc(-c6ccccc6)c6ccccc6n5)cccc3n4-c3ccccc3)c21. The van der Waals surface area contributed by atoms with Crippen LogP contribution in [-0.2, 0) is 5.41 Å². The second-order valence-corrected chi connectivity index (χ2v) is 13.8. The average Bonchev–Trinajstić information content (AvgIpc) is 3.63. The third kappa shape index (κ3) is 4.17. The van der Waals surface area contributed by atoms with Crippen molar-refractivity contribution in [3.05, 3.63) is 175 Å². The van der Waals surface area contributed by atoms with Crippen LogP contribution in [0.25, 0.3) is 83.3 Å². The number of nitrogens with zero attached hydrogens (tertiary/aromatic N) is 3. The Balaban J connectivity index is 1.28. The molecule has 0 saturated heterocycles. The Bertz CT molecular complexity index is 2770. The van der Waals surface area contributed by atoms with Crippen molar-refractivity contribution in [3.8, 4) is 50.6 Å². The van der Waals surface area contributed by atoms with Gasteiger partial charge in [0.2, 0.25) is 0 Å². The smallest absolute Gasteiger partial charge is 0.161 e. The molecule has 0 aliphatic heterocycles. The van der Waals surface area contributed by atoms with Gasteiger partial charge in [-0.2, -0.15) is 0 Å². The summed E-state index contributed by atoms with van der Waals surface area (Å²) in [4.78, 5) is 10.5. The van der Waals surface area contributed by atoms with E-state index in [1.807, 2.05) is 6.07 Å². The lowest BCUT2D eigenvalue weighted by atomic mass is 9.79. The van der Waals surface area contributed by atoms with Crippen molar-refractivity contribution in [2.75, 3.05) is 0 Å². The molecule has 0 atom stereocenters. The van der Waals surface area contributed by atoms with Crippen LogP contribution in [-0.4, -0.2) is 14.5 Å². The third-order valence-corrected chi connectivity index (χ3v) is 10.6. The topological polar surface area (TPSA) is 30.7 Å². The molecule has 0 N–H and O–H groups in total. The monoisotopic (exact) mass is 639 g/mol. The van der Waals surface area contributed by atoms with E-state index in [0.717, 1.165) is 55.7 Å². The molecule has 0 radical (unpaired) electrons. The fourth-order valence-electron chi connectivity index (χ4n) is 8.38. The number of fused-ring (bicyclic) bond motifs is 7. The summed E-state index contributed by atoms with van der Waals surface area (Å²) in [5, 5.41) is 3.38. The van der Waals surface area contributed by atoms with Crippen molar-refractivity contribution >= 4 is 32.7 Å². The number of para-hydroxylation sites is 2. The number of benzene rings is 7. The van der Waals surface area contributed by atoms with Crippen LogP contribution in [0.15, 0.2) is 164 Å². The van der Waals surface area contributed by atoms with Crippen LogP contribution in [0.2, 0.25) is 0 Å². The molecule has 50 heavy (non-hydrogen) atoms. The highest BCUT2D eigenvalue weighted by Gasteiger charge is 2.37.